The first kappa shape index (κ1) is 13.7. The van der Waals surface area contributed by atoms with Crippen LogP contribution in [0.2, 0.25) is 0 Å². The van der Waals surface area contributed by atoms with Crippen molar-refractivity contribution in [1.82, 2.24) is 0 Å². The predicted octanol–water partition coefficient (Wildman–Crippen LogP) is 3.47. The number of rotatable bonds is 2. The van der Waals surface area contributed by atoms with Crippen molar-refractivity contribution >= 4 is 33.5 Å². The van der Waals surface area contributed by atoms with Crippen LogP contribution < -0.4 is 0 Å². The van der Waals surface area contributed by atoms with Crippen molar-refractivity contribution in [3.8, 4) is 0 Å². The molecule has 88 valence electrons. The molecule has 2 nitrogen and oxygen atoms in total. The van der Waals surface area contributed by atoms with Gasteiger partial charge in [-0.2, -0.15) is 0 Å². The molecule has 0 fully saturated rings. The quantitative estimate of drug-likeness (QED) is 0.608. The highest BCUT2D eigenvalue weighted by atomic mass is 79.9. The van der Waals surface area contributed by atoms with Gasteiger partial charge in [-0.1, -0.05) is 20.3 Å². The van der Waals surface area contributed by atoms with E-state index in [9.17, 15) is 8.94 Å². The molecule has 1 rings (SSSR count). The van der Waals surface area contributed by atoms with Gasteiger partial charge in [-0.3, -0.25) is 0 Å². The van der Waals surface area contributed by atoms with E-state index < -0.39 is 16.1 Å². The van der Waals surface area contributed by atoms with Gasteiger partial charge >= 0.3 is 0 Å². The summed E-state index contributed by atoms with van der Waals surface area (Å²) in [5.41, 5.74) is 0.581. The Hall–Kier alpha value is -0.390. The summed E-state index contributed by atoms with van der Waals surface area (Å²) in [7, 11) is 0. The topological polar surface area (TPSA) is 35.4 Å². The minimum atomic E-state index is -1.33. The highest BCUT2D eigenvalue weighted by Crippen LogP contribution is 2.19. The molecule has 0 N–H and O–H groups in total. The third-order valence-electron chi connectivity index (χ3n) is 1.77. The maximum Gasteiger partial charge on any atom is 0.144 e. The van der Waals surface area contributed by atoms with Crippen molar-refractivity contribution in [3.63, 3.8) is 0 Å². The molecule has 0 saturated carbocycles. The molecule has 0 saturated heterocycles. The summed E-state index contributed by atoms with van der Waals surface area (Å²) in [4.78, 5) is 0. The highest BCUT2D eigenvalue weighted by molar-refractivity contribution is 9.10. The number of nitrogens with zero attached hydrogens (tertiary/aromatic N) is 1. The first-order valence-electron chi connectivity index (χ1n) is 4.72. The first-order chi connectivity index (χ1) is 7.30. The maximum atomic E-state index is 12.9. The monoisotopic (exact) mass is 305 g/mol. The Morgan fingerprint density at radius 1 is 1.44 bits per heavy atom. The molecule has 0 aromatic heterocycles. The van der Waals surface area contributed by atoms with Gasteiger partial charge in [0.1, 0.15) is 21.9 Å². The normalized spacial score (nSPS) is 14.4. The van der Waals surface area contributed by atoms with Gasteiger partial charge in [0.2, 0.25) is 0 Å². The lowest BCUT2D eigenvalue weighted by atomic mass is 10.2. The van der Waals surface area contributed by atoms with Gasteiger partial charge in [0.05, 0.1) is 6.21 Å². The highest BCUT2D eigenvalue weighted by Gasteiger charge is 2.25. The third kappa shape index (κ3) is 3.88. The predicted molar refractivity (Wildman–Crippen MR) is 69.6 cm³/mol. The SMILES string of the molecule is CC(C)(C)[S@@+]([O-])/N=C/c1cc(F)ccc1Br. The van der Waals surface area contributed by atoms with Gasteiger partial charge in [-0.15, -0.1) is 0 Å². The molecule has 0 aliphatic carbocycles. The molecular formula is C11H13BrFNOS. The maximum absolute atomic E-state index is 12.9. The first-order valence-corrected chi connectivity index (χ1v) is 6.62. The van der Waals surface area contributed by atoms with E-state index in [4.69, 9.17) is 0 Å². The molecule has 1 atom stereocenters. The minimum Gasteiger partial charge on any atom is -0.591 e. The zero-order valence-corrected chi connectivity index (χ0v) is 11.7. The molecule has 0 aliphatic rings. The second-order valence-electron chi connectivity index (χ2n) is 4.26. The number of halogens is 2. The summed E-state index contributed by atoms with van der Waals surface area (Å²) in [6.07, 6.45) is 1.43. The molecule has 16 heavy (non-hydrogen) atoms. The van der Waals surface area contributed by atoms with Crippen molar-refractivity contribution in [3.05, 3.63) is 34.1 Å². The largest absolute Gasteiger partial charge is 0.591 e. The Morgan fingerprint density at radius 2 is 2.06 bits per heavy atom. The summed E-state index contributed by atoms with van der Waals surface area (Å²) in [6, 6.07) is 4.28. The standard InChI is InChI=1S/C11H13BrFNOS/c1-11(2,3)16(15)14-7-8-6-9(13)4-5-10(8)12/h4-7H,1-3H3/b14-7+/t16-/m1/s1. The number of hydrogen-bond acceptors (Lipinski definition) is 2. The van der Waals surface area contributed by atoms with Crippen LogP contribution in [0.3, 0.4) is 0 Å². The van der Waals surface area contributed by atoms with Crippen LogP contribution in [0, 0.1) is 5.82 Å². The fourth-order valence-electron chi connectivity index (χ4n) is 0.876. The van der Waals surface area contributed by atoms with Gasteiger partial charge in [0.15, 0.2) is 0 Å². The third-order valence-corrected chi connectivity index (χ3v) is 3.84. The van der Waals surface area contributed by atoms with Crippen molar-refractivity contribution in [1.29, 1.82) is 0 Å². The van der Waals surface area contributed by atoms with Crippen molar-refractivity contribution in [2.24, 2.45) is 4.40 Å². The smallest absolute Gasteiger partial charge is 0.144 e. The lowest BCUT2D eigenvalue weighted by molar-refractivity contribution is 0.562. The molecule has 0 bridgehead atoms. The summed E-state index contributed by atoms with van der Waals surface area (Å²) < 4.78 is 28.8. The van der Waals surface area contributed by atoms with Crippen molar-refractivity contribution < 1.29 is 8.94 Å². The van der Waals surface area contributed by atoms with E-state index in [1.54, 1.807) is 6.07 Å². The molecule has 0 spiro atoms. The van der Waals surface area contributed by atoms with Gasteiger partial charge in [-0.05, 0) is 39.0 Å². The van der Waals surface area contributed by atoms with Gasteiger partial charge in [0.25, 0.3) is 0 Å². The number of benzene rings is 1. The summed E-state index contributed by atoms with van der Waals surface area (Å²) in [5.74, 6) is -0.341. The molecule has 0 amide bonds. The van der Waals surface area contributed by atoms with Crippen LogP contribution in [0.1, 0.15) is 26.3 Å². The van der Waals surface area contributed by atoms with Crippen LogP contribution in [0.25, 0.3) is 0 Å². The van der Waals surface area contributed by atoms with E-state index in [-0.39, 0.29) is 5.82 Å². The molecule has 1 aromatic carbocycles. The van der Waals surface area contributed by atoms with Crippen molar-refractivity contribution in [2.75, 3.05) is 0 Å². The second-order valence-corrected chi connectivity index (χ2v) is 7.05. The van der Waals surface area contributed by atoms with Gasteiger partial charge in [-0.25, -0.2) is 4.39 Å². The Bertz CT molecular complexity index is 403. The summed E-state index contributed by atoms with van der Waals surface area (Å²) >= 11 is 1.95. The van der Waals surface area contributed by atoms with E-state index in [2.05, 4.69) is 20.3 Å². The van der Waals surface area contributed by atoms with Crippen LogP contribution in [0.15, 0.2) is 27.1 Å². The second kappa shape index (κ2) is 5.29. The fourth-order valence-corrected chi connectivity index (χ4v) is 1.75. The number of hydrogen-bond donors (Lipinski definition) is 0. The molecule has 0 unspecified atom stereocenters. The average Bonchev–Trinajstić information content (AvgIpc) is 2.17. The molecular weight excluding hydrogens is 293 g/mol. The van der Waals surface area contributed by atoms with Crippen LogP contribution in [0.4, 0.5) is 4.39 Å². The lowest BCUT2D eigenvalue weighted by Gasteiger charge is -2.17. The van der Waals surface area contributed by atoms with Crippen LogP contribution >= 0.6 is 15.9 Å². The van der Waals surface area contributed by atoms with Crippen molar-refractivity contribution in [2.45, 2.75) is 25.5 Å². The Morgan fingerprint density at radius 3 is 2.62 bits per heavy atom. The van der Waals surface area contributed by atoms with Gasteiger partial charge in [0, 0.05) is 10.0 Å². The van der Waals surface area contributed by atoms with E-state index in [1.165, 1.54) is 18.3 Å². The van der Waals surface area contributed by atoms with E-state index >= 15 is 0 Å². The summed E-state index contributed by atoms with van der Waals surface area (Å²) in [5, 5.41) is 0. The summed E-state index contributed by atoms with van der Waals surface area (Å²) in [6.45, 7) is 5.50. The Labute approximate surface area is 106 Å². The van der Waals surface area contributed by atoms with Gasteiger partial charge < -0.3 is 4.55 Å². The Kier molecular flexibility index (Phi) is 4.52. The molecule has 0 radical (unpaired) electrons. The average molecular weight is 306 g/mol. The Balaban J connectivity index is 2.88. The molecule has 0 aliphatic heterocycles. The molecule has 1 aromatic rings. The minimum absolute atomic E-state index is 0.341. The van der Waals surface area contributed by atoms with E-state index in [1.807, 2.05) is 20.8 Å². The fraction of sp³-hybridized carbons (Fsp3) is 0.364. The van der Waals surface area contributed by atoms with Crippen LogP contribution in [0.5, 0.6) is 0 Å². The lowest BCUT2D eigenvalue weighted by Crippen LogP contribution is -2.25. The molecule has 5 heteroatoms. The zero-order valence-electron chi connectivity index (χ0n) is 9.33. The zero-order chi connectivity index (χ0) is 12.3. The van der Waals surface area contributed by atoms with Crippen LogP contribution in [-0.2, 0) is 11.4 Å². The molecule has 0 heterocycles. The van der Waals surface area contributed by atoms with Crippen LogP contribution in [-0.4, -0.2) is 15.5 Å². The van der Waals surface area contributed by atoms with E-state index in [0.29, 0.717) is 5.56 Å². The van der Waals surface area contributed by atoms with E-state index in [0.717, 1.165) is 4.47 Å².